The van der Waals surface area contributed by atoms with Crippen molar-refractivity contribution in [3.8, 4) is 5.75 Å². The van der Waals surface area contributed by atoms with Crippen LogP contribution in [0, 0.1) is 0 Å². The predicted octanol–water partition coefficient (Wildman–Crippen LogP) is 1.87. The number of pyridine rings is 1. The van der Waals surface area contributed by atoms with Crippen LogP contribution in [0.1, 0.15) is 18.7 Å². The zero-order valence-electron chi connectivity index (χ0n) is 7.04. The predicted molar refractivity (Wildman–Crippen MR) is 51.1 cm³/mol. The minimum Gasteiger partial charge on any atom is -0.495 e. The number of nitrogens with zero attached hydrogens (tertiary/aromatic N) is 1. The fourth-order valence-corrected chi connectivity index (χ4v) is 1.22. The maximum Gasteiger partial charge on any atom is 0.136 e. The lowest BCUT2D eigenvalue weighted by Crippen LogP contribution is -2.07. The molecule has 0 fully saturated rings. The van der Waals surface area contributed by atoms with Gasteiger partial charge in [0.05, 0.1) is 17.3 Å². The molecule has 12 heavy (non-hydrogen) atoms. The molecule has 0 saturated carbocycles. The minimum atomic E-state index is -0.0630. The molecular formula is C8H11BrN2O. The van der Waals surface area contributed by atoms with Crippen LogP contribution >= 0.6 is 15.9 Å². The van der Waals surface area contributed by atoms with Crippen LogP contribution in [-0.2, 0) is 0 Å². The molecular weight excluding hydrogens is 220 g/mol. The van der Waals surface area contributed by atoms with Gasteiger partial charge in [0.1, 0.15) is 5.75 Å². The lowest BCUT2D eigenvalue weighted by atomic mass is 10.2. The highest BCUT2D eigenvalue weighted by Crippen LogP contribution is 2.25. The molecule has 1 aromatic heterocycles. The van der Waals surface area contributed by atoms with E-state index in [4.69, 9.17) is 10.5 Å². The third-order valence-electron chi connectivity index (χ3n) is 1.53. The normalized spacial score (nSPS) is 12.7. The number of aromatic nitrogens is 1. The van der Waals surface area contributed by atoms with Crippen LogP contribution < -0.4 is 10.5 Å². The molecule has 0 amide bonds. The van der Waals surface area contributed by atoms with Crippen LogP contribution in [0.2, 0.25) is 0 Å². The van der Waals surface area contributed by atoms with Gasteiger partial charge in [0.25, 0.3) is 0 Å². The molecule has 2 N–H and O–H groups in total. The Morgan fingerprint density at radius 3 is 2.83 bits per heavy atom. The maximum atomic E-state index is 5.65. The van der Waals surface area contributed by atoms with E-state index in [1.165, 1.54) is 0 Å². The molecule has 0 bridgehead atoms. The molecule has 4 heteroatoms. The molecule has 0 aliphatic heterocycles. The Balaban J connectivity index is 3.05. The van der Waals surface area contributed by atoms with Crippen molar-refractivity contribution in [3.05, 3.63) is 22.4 Å². The van der Waals surface area contributed by atoms with E-state index >= 15 is 0 Å². The van der Waals surface area contributed by atoms with Gasteiger partial charge in [0.15, 0.2) is 0 Å². The summed E-state index contributed by atoms with van der Waals surface area (Å²) in [5, 5.41) is 0. The second-order valence-corrected chi connectivity index (χ2v) is 3.39. The number of methoxy groups -OCH3 is 1. The Kier molecular flexibility index (Phi) is 3.05. The van der Waals surface area contributed by atoms with Crippen LogP contribution in [0.15, 0.2) is 16.7 Å². The van der Waals surface area contributed by atoms with E-state index in [2.05, 4.69) is 20.9 Å². The van der Waals surface area contributed by atoms with Crippen molar-refractivity contribution in [3.63, 3.8) is 0 Å². The maximum absolute atomic E-state index is 5.65. The van der Waals surface area contributed by atoms with E-state index in [-0.39, 0.29) is 6.04 Å². The zero-order chi connectivity index (χ0) is 9.14. The number of halogens is 1. The number of ether oxygens (including phenoxy) is 1. The number of nitrogens with two attached hydrogens (primary N) is 1. The Labute approximate surface area is 80.1 Å². The second-order valence-electron chi connectivity index (χ2n) is 2.53. The molecule has 0 aliphatic rings. The summed E-state index contributed by atoms with van der Waals surface area (Å²) in [6, 6.07) is 1.77. The highest BCUT2D eigenvalue weighted by Gasteiger charge is 2.05. The van der Waals surface area contributed by atoms with Crippen molar-refractivity contribution in [2.24, 2.45) is 5.73 Å². The highest BCUT2D eigenvalue weighted by molar-refractivity contribution is 9.10. The van der Waals surface area contributed by atoms with Crippen molar-refractivity contribution in [1.29, 1.82) is 0 Å². The summed E-state index contributed by atoms with van der Waals surface area (Å²) in [4.78, 5) is 4.13. The first-order valence-corrected chi connectivity index (χ1v) is 4.39. The van der Waals surface area contributed by atoms with E-state index in [1.807, 2.05) is 13.0 Å². The van der Waals surface area contributed by atoms with Crippen molar-refractivity contribution in [1.82, 2.24) is 4.98 Å². The topological polar surface area (TPSA) is 48.1 Å². The van der Waals surface area contributed by atoms with E-state index in [1.54, 1.807) is 13.3 Å². The summed E-state index contributed by atoms with van der Waals surface area (Å²) >= 11 is 3.31. The lowest BCUT2D eigenvalue weighted by molar-refractivity contribution is 0.410. The van der Waals surface area contributed by atoms with Gasteiger partial charge < -0.3 is 10.5 Å². The average molecular weight is 231 g/mol. The van der Waals surface area contributed by atoms with Crippen LogP contribution in [0.25, 0.3) is 0 Å². The summed E-state index contributed by atoms with van der Waals surface area (Å²) in [6.45, 7) is 1.88. The molecule has 1 aromatic rings. The Bertz CT molecular complexity index is 276. The van der Waals surface area contributed by atoms with E-state index in [0.717, 1.165) is 15.9 Å². The van der Waals surface area contributed by atoms with Gasteiger partial charge >= 0.3 is 0 Å². The molecule has 0 radical (unpaired) electrons. The number of rotatable bonds is 2. The summed E-state index contributed by atoms with van der Waals surface area (Å²) in [6.07, 6.45) is 1.69. The van der Waals surface area contributed by atoms with Crippen molar-refractivity contribution >= 4 is 15.9 Å². The Hall–Kier alpha value is -0.610. The third kappa shape index (κ3) is 1.95. The smallest absolute Gasteiger partial charge is 0.136 e. The lowest BCUT2D eigenvalue weighted by Gasteiger charge is -2.07. The zero-order valence-corrected chi connectivity index (χ0v) is 8.63. The standard InChI is InChI=1S/C8H11BrN2O/c1-5(10)7-3-8(12-2)6(9)4-11-7/h3-5H,10H2,1-2H3. The van der Waals surface area contributed by atoms with Crippen molar-refractivity contribution in [2.45, 2.75) is 13.0 Å². The van der Waals surface area contributed by atoms with Gasteiger partial charge in [-0.3, -0.25) is 4.98 Å². The second kappa shape index (κ2) is 3.87. The first-order valence-electron chi connectivity index (χ1n) is 3.60. The van der Waals surface area contributed by atoms with Gasteiger partial charge in [-0.25, -0.2) is 0 Å². The van der Waals surface area contributed by atoms with Crippen LogP contribution in [0.3, 0.4) is 0 Å². The van der Waals surface area contributed by atoms with Gasteiger partial charge in [0, 0.05) is 18.3 Å². The third-order valence-corrected chi connectivity index (χ3v) is 2.12. The fraction of sp³-hybridized carbons (Fsp3) is 0.375. The summed E-state index contributed by atoms with van der Waals surface area (Å²) < 4.78 is 5.94. The molecule has 1 atom stereocenters. The average Bonchev–Trinajstić information content (AvgIpc) is 2.05. The Morgan fingerprint density at radius 2 is 2.33 bits per heavy atom. The SMILES string of the molecule is COc1cc(C(C)N)ncc1Br. The van der Waals surface area contributed by atoms with Crippen molar-refractivity contribution in [2.75, 3.05) is 7.11 Å². The molecule has 3 nitrogen and oxygen atoms in total. The quantitative estimate of drug-likeness (QED) is 0.845. The molecule has 0 saturated heterocycles. The monoisotopic (exact) mass is 230 g/mol. The molecule has 1 rings (SSSR count). The first-order chi connectivity index (χ1) is 5.65. The van der Waals surface area contributed by atoms with Gasteiger partial charge in [0.2, 0.25) is 0 Å². The first kappa shape index (κ1) is 9.48. The van der Waals surface area contributed by atoms with Gasteiger partial charge in [-0.05, 0) is 22.9 Å². The number of hydrogen-bond acceptors (Lipinski definition) is 3. The largest absolute Gasteiger partial charge is 0.495 e. The molecule has 1 heterocycles. The van der Waals surface area contributed by atoms with E-state index < -0.39 is 0 Å². The van der Waals surface area contributed by atoms with Crippen molar-refractivity contribution < 1.29 is 4.74 Å². The molecule has 66 valence electrons. The fourth-order valence-electron chi connectivity index (χ4n) is 0.841. The summed E-state index contributed by atoms with van der Waals surface area (Å²) in [5.41, 5.74) is 6.48. The van der Waals surface area contributed by atoms with Crippen LogP contribution in [0.4, 0.5) is 0 Å². The molecule has 0 aromatic carbocycles. The summed E-state index contributed by atoms with van der Waals surface area (Å²) in [7, 11) is 1.62. The molecule has 1 unspecified atom stereocenters. The van der Waals surface area contributed by atoms with Gasteiger partial charge in [-0.15, -0.1) is 0 Å². The summed E-state index contributed by atoms with van der Waals surface area (Å²) in [5.74, 6) is 0.761. The number of hydrogen-bond donors (Lipinski definition) is 1. The van der Waals surface area contributed by atoms with E-state index in [9.17, 15) is 0 Å². The van der Waals surface area contributed by atoms with E-state index in [0.29, 0.717) is 0 Å². The molecule has 0 spiro atoms. The van der Waals surface area contributed by atoms with Crippen LogP contribution in [0.5, 0.6) is 5.75 Å². The molecule has 0 aliphatic carbocycles. The van der Waals surface area contributed by atoms with Gasteiger partial charge in [-0.1, -0.05) is 0 Å². The van der Waals surface area contributed by atoms with Gasteiger partial charge in [-0.2, -0.15) is 0 Å². The minimum absolute atomic E-state index is 0.0630. The Morgan fingerprint density at radius 1 is 1.67 bits per heavy atom. The highest BCUT2D eigenvalue weighted by atomic mass is 79.9. The van der Waals surface area contributed by atoms with Crippen LogP contribution in [-0.4, -0.2) is 12.1 Å².